The maximum atomic E-state index is 12.5. The summed E-state index contributed by atoms with van der Waals surface area (Å²) < 4.78 is 0. The fourth-order valence-electron chi connectivity index (χ4n) is 3.78. The van der Waals surface area contributed by atoms with Crippen LogP contribution in [0.1, 0.15) is 51.4 Å². The molecule has 2 N–H and O–H groups in total. The molecule has 0 spiro atoms. The maximum absolute atomic E-state index is 12.5. The van der Waals surface area contributed by atoms with Crippen molar-refractivity contribution in [2.45, 2.75) is 57.4 Å². The summed E-state index contributed by atoms with van der Waals surface area (Å²) in [7, 11) is 0. The lowest BCUT2D eigenvalue weighted by molar-refractivity contribution is -0.142. The molecule has 3 rings (SSSR count). The zero-order valence-electron chi connectivity index (χ0n) is 13.5. The van der Waals surface area contributed by atoms with E-state index >= 15 is 0 Å². The molecule has 2 saturated carbocycles. The molecular weight excluding hydrogens is 296 g/mol. The number of rotatable bonds is 4. The van der Waals surface area contributed by atoms with Gasteiger partial charge in [-0.05, 0) is 51.4 Å². The Morgan fingerprint density at radius 3 is 2.13 bits per heavy atom. The molecular formula is C17H26N2O4. The van der Waals surface area contributed by atoms with Gasteiger partial charge in [-0.1, -0.05) is 0 Å². The first-order chi connectivity index (χ1) is 11.0. The van der Waals surface area contributed by atoms with Gasteiger partial charge in [-0.2, -0.15) is 0 Å². The second-order valence-electron chi connectivity index (χ2n) is 7.29. The highest BCUT2D eigenvalue weighted by Gasteiger charge is 2.37. The van der Waals surface area contributed by atoms with Gasteiger partial charge in [0.25, 0.3) is 0 Å². The van der Waals surface area contributed by atoms with Crippen LogP contribution in [0.3, 0.4) is 0 Å². The molecule has 0 bridgehead atoms. The zero-order valence-corrected chi connectivity index (χ0v) is 13.5. The summed E-state index contributed by atoms with van der Waals surface area (Å²) in [5.41, 5.74) is 0. The number of hydrogen-bond acceptors (Lipinski definition) is 3. The minimum atomic E-state index is -0.726. The van der Waals surface area contributed by atoms with Crippen LogP contribution in [0, 0.1) is 17.8 Å². The summed E-state index contributed by atoms with van der Waals surface area (Å²) in [6.07, 6.45) is 6.47. The SMILES string of the molecule is O=C(O)C1CCC(NC(=O)C2CCCN(C(=O)C3CC3)C2)CC1. The van der Waals surface area contributed by atoms with Crippen molar-refractivity contribution in [3.8, 4) is 0 Å². The lowest BCUT2D eigenvalue weighted by Gasteiger charge is -2.34. The lowest BCUT2D eigenvalue weighted by atomic mass is 9.85. The van der Waals surface area contributed by atoms with Crippen LogP contribution in [0.15, 0.2) is 0 Å². The summed E-state index contributed by atoms with van der Waals surface area (Å²) in [6, 6.07) is 0.0904. The number of carboxylic acids is 1. The van der Waals surface area contributed by atoms with Crippen molar-refractivity contribution in [3.05, 3.63) is 0 Å². The van der Waals surface area contributed by atoms with Gasteiger partial charge < -0.3 is 15.3 Å². The van der Waals surface area contributed by atoms with Crippen LogP contribution in [0.2, 0.25) is 0 Å². The van der Waals surface area contributed by atoms with Crippen molar-refractivity contribution in [2.75, 3.05) is 13.1 Å². The number of piperidine rings is 1. The third kappa shape index (κ3) is 4.03. The minimum Gasteiger partial charge on any atom is -0.481 e. The van der Waals surface area contributed by atoms with Crippen LogP contribution < -0.4 is 5.32 Å². The molecule has 2 amide bonds. The average Bonchev–Trinajstić information content (AvgIpc) is 3.39. The van der Waals surface area contributed by atoms with Crippen LogP contribution in [0.4, 0.5) is 0 Å². The van der Waals surface area contributed by atoms with E-state index in [1.807, 2.05) is 4.90 Å². The first kappa shape index (κ1) is 16.3. The number of hydrogen-bond donors (Lipinski definition) is 2. The Morgan fingerprint density at radius 1 is 0.870 bits per heavy atom. The van der Waals surface area contributed by atoms with E-state index in [-0.39, 0.29) is 35.6 Å². The molecule has 1 unspecified atom stereocenters. The van der Waals surface area contributed by atoms with Gasteiger partial charge in [-0.25, -0.2) is 0 Å². The molecule has 2 aliphatic carbocycles. The molecule has 0 aromatic carbocycles. The van der Waals surface area contributed by atoms with E-state index in [0.29, 0.717) is 19.4 Å². The molecule has 0 aromatic heterocycles. The summed E-state index contributed by atoms with van der Waals surface area (Å²) in [5, 5.41) is 12.1. The van der Waals surface area contributed by atoms with Gasteiger partial charge >= 0.3 is 5.97 Å². The van der Waals surface area contributed by atoms with Gasteiger partial charge in [0.05, 0.1) is 11.8 Å². The second-order valence-corrected chi connectivity index (χ2v) is 7.29. The van der Waals surface area contributed by atoms with Gasteiger partial charge in [-0.15, -0.1) is 0 Å². The second kappa shape index (κ2) is 6.89. The predicted octanol–water partition coefficient (Wildman–Crippen LogP) is 1.39. The van der Waals surface area contributed by atoms with Crippen LogP contribution in [-0.2, 0) is 14.4 Å². The number of amides is 2. The van der Waals surface area contributed by atoms with Gasteiger partial charge in [0, 0.05) is 25.0 Å². The molecule has 1 saturated heterocycles. The van der Waals surface area contributed by atoms with Crippen molar-refractivity contribution in [1.29, 1.82) is 0 Å². The quantitative estimate of drug-likeness (QED) is 0.819. The highest BCUT2D eigenvalue weighted by molar-refractivity contribution is 5.83. The Balaban J connectivity index is 1.46. The Kier molecular flexibility index (Phi) is 4.87. The topological polar surface area (TPSA) is 86.7 Å². The Morgan fingerprint density at radius 2 is 1.52 bits per heavy atom. The first-order valence-corrected chi connectivity index (χ1v) is 8.86. The van der Waals surface area contributed by atoms with Gasteiger partial charge in [0.1, 0.15) is 0 Å². The standard InChI is InChI=1S/C17H26N2O4/c20-15(18-14-7-5-12(6-8-14)17(22)23)13-2-1-9-19(10-13)16(21)11-3-4-11/h11-14H,1-10H2,(H,18,20)(H,22,23). The van der Waals surface area contributed by atoms with E-state index in [1.54, 1.807) is 0 Å². The third-order valence-electron chi connectivity index (χ3n) is 5.45. The predicted molar refractivity (Wildman–Crippen MR) is 83.6 cm³/mol. The molecule has 1 heterocycles. The van der Waals surface area contributed by atoms with Gasteiger partial charge in [0.2, 0.25) is 11.8 Å². The highest BCUT2D eigenvalue weighted by atomic mass is 16.4. The van der Waals surface area contributed by atoms with E-state index < -0.39 is 5.97 Å². The number of likely N-dealkylation sites (tertiary alicyclic amines) is 1. The molecule has 3 fully saturated rings. The van der Waals surface area contributed by atoms with Crippen molar-refractivity contribution in [2.24, 2.45) is 17.8 Å². The fraction of sp³-hybridized carbons (Fsp3) is 0.824. The summed E-state index contributed by atoms with van der Waals surface area (Å²) in [6.45, 7) is 1.33. The molecule has 128 valence electrons. The monoisotopic (exact) mass is 322 g/mol. The zero-order chi connectivity index (χ0) is 16.4. The van der Waals surface area contributed by atoms with Crippen molar-refractivity contribution in [1.82, 2.24) is 10.2 Å². The number of carbonyl (C=O) groups excluding carboxylic acids is 2. The van der Waals surface area contributed by atoms with E-state index in [0.717, 1.165) is 45.1 Å². The largest absolute Gasteiger partial charge is 0.481 e. The average molecular weight is 322 g/mol. The van der Waals surface area contributed by atoms with Crippen molar-refractivity contribution >= 4 is 17.8 Å². The molecule has 1 atom stereocenters. The Bertz CT molecular complexity index is 481. The number of nitrogens with one attached hydrogen (secondary N) is 1. The third-order valence-corrected chi connectivity index (χ3v) is 5.45. The number of carbonyl (C=O) groups is 3. The van der Waals surface area contributed by atoms with Gasteiger partial charge in [0.15, 0.2) is 0 Å². The number of carboxylic acid groups (broad SMARTS) is 1. The molecule has 6 heteroatoms. The molecule has 6 nitrogen and oxygen atoms in total. The first-order valence-electron chi connectivity index (χ1n) is 8.86. The minimum absolute atomic E-state index is 0.0390. The van der Waals surface area contributed by atoms with E-state index in [9.17, 15) is 14.4 Å². The van der Waals surface area contributed by atoms with E-state index in [2.05, 4.69) is 5.32 Å². The Hall–Kier alpha value is -1.59. The fourth-order valence-corrected chi connectivity index (χ4v) is 3.78. The van der Waals surface area contributed by atoms with E-state index in [1.165, 1.54) is 0 Å². The van der Waals surface area contributed by atoms with Crippen LogP contribution in [-0.4, -0.2) is 46.9 Å². The highest BCUT2D eigenvalue weighted by Crippen LogP contribution is 2.32. The number of nitrogens with zero attached hydrogens (tertiary/aromatic N) is 1. The van der Waals surface area contributed by atoms with Crippen molar-refractivity contribution < 1.29 is 19.5 Å². The smallest absolute Gasteiger partial charge is 0.306 e. The molecule has 0 radical (unpaired) electrons. The van der Waals surface area contributed by atoms with Crippen molar-refractivity contribution in [3.63, 3.8) is 0 Å². The lowest BCUT2D eigenvalue weighted by Crippen LogP contribution is -2.48. The molecule has 1 aliphatic heterocycles. The van der Waals surface area contributed by atoms with Crippen LogP contribution in [0.5, 0.6) is 0 Å². The summed E-state index contributed by atoms with van der Waals surface area (Å²) in [4.78, 5) is 37.5. The molecule has 3 aliphatic rings. The summed E-state index contributed by atoms with van der Waals surface area (Å²) >= 11 is 0. The normalized spacial score (nSPS) is 31.5. The van der Waals surface area contributed by atoms with Crippen LogP contribution in [0.25, 0.3) is 0 Å². The Labute approximate surface area is 136 Å². The maximum Gasteiger partial charge on any atom is 0.306 e. The number of aliphatic carboxylic acids is 1. The van der Waals surface area contributed by atoms with Crippen LogP contribution >= 0.6 is 0 Å². The van der Waals surface area contributed by atoms with E-state index in [4.69, 9.17) is 5.11 Å². The summed E-state index contributed by atoms with van der Waals surface area (Å²) in [5.74, 6) is -0.617. The molecule has 23 heavy (non-hydrogen) atoms. The molecule has 0 aromatic rings. The van der Waals surface area contributed by atoms with Gasteiger partial charge in [-0.3, -0.25) is 14.4 Å².